The highest BCUT2D eigenvalue weighted by molar-refractivity contribution is 9.10. The van der Waals surface area contributed by atoms with E-state index in [1.54, 1.807) is 78.8 Å². The largest absolute Gasteiger partial charge is 0.443 e. The first-order chi connectivity index (χ1) is 20.8. The van der Waals surface area contributed by atoms with Crippen LogP contribution in [0.15, 0.2) is 58.1 Å². The van der Waals surface area contributed by atoms with E-state index in [1.807, 2.05) is 0 Å². The fraction of sp³-hybridized carbons (Fsp3) is 0.452. The molecule has 1 atom stereocenters. The molecule has 2 heterocycles. The molecule has 0 unspecified atom stereocenters. The Labute approximate surface area is 268 Å². The molecule has 0 spiro atoms. The van der Waals surface area contributed by atoms with Gasteiger partial charge in [0.05, 0.1) is 12.3 Å². The summed E-state index contributed by atoms with van der Waals surface area (Å²) in [6.45, 7) is 14.4. The number of ether oxygens (including phenoxy) is 3. The zero-order valence-corrected chi connectivity index (χ0v) is 27.7. The highest BCUT2D eigenvalue weighted by Gasteiger charge is 2.61. The maximum Gasteiger partial charge on any atom is 0.426 e. The SMILES string of the molecule is C=CCC[C@@](OCc1ccccc1)(c1nnc(-c2nc(Br)c(C)cc2N(C(=O)OC(C)(C)C)C(=O)OC(C)(C)C)o1)C(F)(F)F. The molecule has 0 aliphatic heterocycles. The molecule has 0 saturated heterocycles. The van der Waals surface area contributed by atoms with Gasteiger partial charge < -0.3 is 18.6 Å². The summed E-state index contributed by atoms with van der Waals surface area (Å²) in [5.41, 5.74) is -4.63. The molecule has 0 aliphatic carbocycles. The average Bonchev–Trinajstić information content (AvgIpc) is 3.39. The fourth-order valence-electron chi connectivity index (χ4n) is 3.94. The molecule has 2 amide bonds. The molecule has 0 radical (unpaired) electrons. The van der Waals surface area contributed by atoms with Crippen LogP contribution in [0.3, 0.4) is 0 Å². The molecule has 1 aromatic carbocycles. The molecule has 10 nitrogen and oxygen atoms in total. The number of pyridine rings is 1. The number of amides is 2. The van der Waals surface area contributed by atoms with Gasteiger partial charge in [0.1, 0.15) is 15.8 Å². The Morgan fingerprint density at radius 2 is 1.58 bits per heavy atom. The normalized spacial score (nSPS) is 13.6. The van der Waals surface area contributed by atoms with Crippen molar-refractivity contribution in [2.24, 2.45) is 0 Å². The van der Waals surface area contributed by atoms with E-state index in [4.69, 9.17) is 18.6 Å². The molecule has 0 bridgehead atoms. The van der Waals surface area contributed by atoms with Gasteiger partial charge in [0.15, 0.2) is 5.69 Å². The minimum absolute atomic E-state index is 0.101. The Morgan fingerprint density at radius 3 is 2.09 bits per heavy atom. The lowest BCUT2D eigenvalue weighted by Gasteiger charge is -2.32. The van der Waals surface area contributed by atoms with Crippen LogP contribution in [0, 0.1) is 6.92 Å². The van der Waals surface area contributed by atoms with E-state index in [2.05, 4.69) is 37.7 Å². The summed E-state index contributed by atoms with van der Waals surface area (Å²) in [7, 11) is 0. The van der Waals surface area contributed by atoms with Crippen molar-refractivity contribution in [2.75, 3.05) is 4.90 Å². The Hall–Kier alpha value is -3.78. The van der Waals surface area contributed by atoms with E-state index in [1.165, 1.54) is 12.1 Å². The predicted octanol–water partition coefficient (Wildman–Crippen LogP) is 8.82. The smallest absolute Gasteiger partial charge is 0.426 e. The topological polar surface area (TPSA) is 117 Å². The zero-order chi connectivity index (χ0) is 33.8. The fourth-order valence-corrected chi connectivity index (χ4v) is 4.24. The summed E-state index contributed by atoms with van der Waals surface area (Å²) in [6, 6.07) is 9.71. The number of alkyl halides is 3. The third kappa shape index (κ3) is 8.91. The van der Waals surface area contributed by atoms with Crippen LogP contribution >= 0.6 is 15.9 Å². The molecule has 2 aromatic heterocycles. The number of carbonyl (C=O) groups is 2. The second-order valence-corrected chi connectivity index (χ2v) is 12.8. The van der Waals surface area contributed by atoms with Crippen molar-refractivity contribution in [1.82, 2.24) is 15.2 Å². The highest BCUT2D eigenvalue weighted by Crippen LogP contribution is 2.47. The molecule has 0 fully saturated rings. The molecule has 244 valence electrons. The first-order valence-electron chi connectivity index (χ1n) is 13.9. The van der Waals surface area contributed by atoms with Gasteiger partial charge >= 0.3 is 18.4 Å². The number of hydrogen-bond acceptors (Lipinski definition) is 9. The second kappa shape index (κ2) is 13.7. The van der Waals surface area contributed by atoms with E-state index in [0.717, 1.165) is 0 Å². The molecule has 0 N–H and O–H groups in total. The number of anilines is 1. The van der Waals surface area contributed by atoms with Crippen LogP contribution in [0.2, 0.25) is 0 Å². The molecule has 45 heavy (non-hydrogen) atoms. The third-order valence-corrected chi connectivity index (χ3v) is 6.79. The first-order valence-corrected chi connectivity index (χ1v) is 14.7. The van der Waals surface area contributed by atoms with Crippen molar-refractivity contribution in [3.63, 3.8) is 0 Å². The van der Waals surface area contributed by atoms with Gasteiger partial charge in [0.2, 0.25) is 5.60 Å². The number of aryl methyl sites for hydroxylation is 1. The number of halogens is 4. The van der Waals surface area contributed by atoms with Crippen molar-refractivity contribution >= 4 is 33.8 Å². The molecule has 0 aliphatic rings. The standard InChI is InChI=1S/C31H36BrF3N4O6/c1-9-10-16-30(31(33,34)35,42-18-20-14-12-11-13-15-20)25-38-37-24(43-25)22-21(17-19(2)23(32)36-22)39(26(40)44-28(3,4)5)27(41)45-29(6,7)8/h9,11-15,17H,1,10,16,18H2,2-8H3/t30-/m1/s1. The van der Waals surface area contributed by atoms with E-state index < -0.39 is 60.0 Å². The van der Waals surface area contributed by atoms with Crippen LogP contribution in [0.4, 0.5) is 28.4 Å². The van der Waals surface area contributed by atoms with Gasteiger partial charge in [-0.25, -0.2) is 14.6 Å². The van der Waals surface area contributed by atoms with Gasteiger partial charge in [-0.15, -0.1) is 16.8 Å². The Balaban J connectivity index is 2.22. The number of imide groups is 1. The minimum atomic E-state index is -5.00. The number of hydrogen-bond donors (Lipinski definition) is 0. The highest BCUT2D eigenvalue weighted by atomic mass is 79.9. The summed E-state index contributed by atoms with van der Waals surface area (Å²) in [6.07, 6.45) is -6.64. The number of rotatable bonds is 9. The third-order valence-electron chi connectivity index (χ3n) is 5.98. The number of benzene rings is 1. The number of allylic oxidation sites excluding steroid dienone is 1. The van der Waals surface area contributed by atoms with E-state index in [0.29, 0.717) is 16.0 Å². The van der Waals surface area contributed by atoms with Crippen LogP contribution in [0.25, 0.3) is 11.6 Å². The molecule has 14 heteroatoms. The van der Waals surface area contributed by atoms with Crippen molar-refractivity contribution in [3.05, 3.63) is 70.7 Å². The average molecular weight is 698 g/mol. The van der Waals surface area contributed by atoms with Crippen molar-refractivity contribution in [1.29, 1.82) is 0 Å². The van der Waals surface area contributed by atoms with Gasteiger partial charge in [-0.05, 0) is 94.4 Å². The Kier molecular flexibility index (Phi) is 10.9. The van der Waals surface area contributed by atoms with E-state index in [-0.39, 0.29) is 22.4 Å². The predicted molar refractivity (Wildman–Crippen MR) is 163 cm³/mol. The van der Waals surface area contributed by atoms with Crippen LogP contribution in [0.1, 0.15) is 71.4 Å². The Morgan fingerprint density at radius 1 is 1.00 bits per heavy atom. The van der Waals surface area contributed by atoms with Crippen molar-refractivity contribution in [2.45, 2.75) is 90.9 Å². The molecule has 0 saturated carbocycles. The summed E-state index contributed by atoms with van der Waals surface area (Å²) in [5, 5.41) is 7.63. The van der Waals surface area contributed by atoms with Gasteiger partial charge in [0.25, 0.3) is 11.8 Å². The minimum Gasteiger partial charge on any atom is -0.443 e. The van der Waals surface area contributed by atoms with Crippen LogP contribution in [-0.2, 0) is 26.4 Å². The lowest BCUT2D eigenvalue weighted by atomic mass is 9.96. The Bertz CT molecular complexity index is 1490. The summed E-state index contributed by atoms with van der Waals surface area (Å²) < 4.78 is 67.2. The van der Waals surface area contributed by atoms with E-state index in [9.17, 15) is 22.8 Å². The first kappa shape index (κ1) is 35.7. The van der Waals surface area contributed by atoms with Gasteiger partial charge in [-0.1, -0.05) is 36.4 Å². The molecular weight excluding hydrogens is 661 g/mol. The van der Waals surface area contributed by atoms with Crippen LogP contribution in [-0.4, -0.2) is 44.7 Å². The van der Waals surface area contributed by atoms with Crippen molar-refractivity contribution < 1.29 is 41.4 Å². The summed E-state index contributed by atoms with van der Waals surface area (Å²) in [5.74, 6) is -1.42. The number of carbonyl (C=O) groups excluding carboxylic acids is 2. The maximum absolute atomic E-state index is 14.9. The molecule has 3 rings (SSSR count). The molecule has 3 aromatic rings. The zero-order valence-electron chi connectivity index (χ0n) is 26.1. The van der Waals surface area contributed by atoms with Crippen LogP contribution < -0.4 is 4.90 Å². The van der Waals surface area contributed by atoms with Gasteiger partial charge in [0, 0.05) is 0 Å². The van der Waals surface area contributed by atoms with Gasteiger partial charge in [-0.3, -0.25) is 0 Å². The molecular formula is C31H36BrF3N4O6. The maximum atomic E-state index is 14.9. The van der Waals surface area contributed by atoms with Gasteiger partial charge in [-0.2, -0.15) is 18.1 Å². The quantitative estimate of drug-likeness (QED) is 0.160. The summed E-state index contributed by atoms with van der Waals surface area (Å²) >= 11 is 3.29. The second-order valence-electron chi connectivity index (χ2n) is 12.1. The monoisotopic (exact) mass is 696 g/mol. The van der Waals surface area contributed by atoms with Crippen molar-refractivity contribution in [3.8, 4) is 11.6 Å². The lowest BCUT2D eigenvalue weighted by molar-refractivity contribution is -0.299. The van der Waals surface area contributed by atoms with E-state index >= 15 is 0 Å². The summed E-state index contributed by atoms with van der Waals surface area (Å²) in [4.78, 5) is 31.8. The number of nitrogens with zero attached hydrogens (tertiary/aromatic N) is 4. The number of aromatic nitrogens is 3. The van der Waals surface area contributed by atoms with Crippen LogP contribution in [0.5, 0.6) is 0 Å². The lowest BCUT2D eigenvalue weighted by Crippen LogP contribution is -2.45.